The van der Waals surface area contributed by atoms with E-state index in [0.717, 1.165) is 12.1 Å². The summed E-state index contributed by atoms with van der Waals surface area (Å²) in [4.78, 5) is 18.1. The van der Waals surface area contributed by atoms with Crippen molar-refractivity contribution in [3.8, 4) is 0 Å². The molecule has 3 rings (SSSR count). The van der Waals surface area contributed by atoms with Crippen LogP contribution in [0.15, 0.2) is 42.6 Å². The first-order chi connectivity index (χ1) is 11.9. The molecule has 0 atom stereocenters. The first-order valence-corrected chi connectivity index (χ1v) is 7.71. The van der Waals surface area contributed by atoms with Crippen molar-refractivity contribution < 1.29 is 22.7 Å². The van der Waals surface area contributed by atoms with Gasteiger partial charge in [-0.2, -0.15) is 13.2 Å². The van der Waals surface area contributed by atoms with E-state index in [4.69, 9.17) is 4.74 Å². The Morgan fingerprint density at radius 1 is 1.16 bits per heavy atom. The number of benzene rings is 1. The Hall–Kier alpha value is -2.61. The zero-order valence-corrected chi connectivity index (χ0v) is 13.2. The van der Waals surface area contributed by atoms with Gasteiger partial charge in [0, 0.05) is 19.3 Å². The van der Waals surface area contributed by atoms with E-state index in [1.54, 1.807) is 12.1 Å². The zero-order chi connectivity index (χ0) is 17.9. The molecule has 5 nitrogen and oxygen atoms in total. The molecule has 1 saturated heterocycles. The van der Waals surface area contributed by atoms with Gasteiger partial charge < -0.3 is 15.0 Å². The minimum Gasteiger partial charge on any atom is -0.378 e. The molecule has 1 N–H and O–H groups in total. The quantitative estimate of drug-likeness (QED) is 0.923. The van der Waals surface area contributed by atoms with Gasteiger partial charge in [0.25, 0.3) is 5.91 Å². The molecule has 0 radical (unpaired) electrons. The third-order valence-electron chi connectivity index (χ3n) is 3.82. The van der Waals surface area contributed by atoms with Crippen molar-refractivity contribution >= 4 is 17.3 Å². The van der Waals surface area contributed by atoms with Gasteiger partial charge in [0.05, 0.1) is 30.2 Å². The SMILES string of the molecule is O=C(Nc1cc(C(F)(F)F)ccc1N1CCOCC1)c1ccccn1. The first kappa shape index (κ1) is 17.2. The van der Waals surface area contributed by atoms with Gasteiger partial charge in [0.15, 0.2) is 0 Å². The molecule has 1 amide bonds. The summed E-state index contributed by atoms with van der Waals surface area (Å²) < 4.78 is 44.4. The lowest BCUT2D eigenvalue weighted by molar-refractivity contribution is -0.137. The minimum atomic E-state index is -4.49. The van der Waals surface area contributed by atoms with Crippen molar-refractivity contribution in [2.24, 2.45) is 0 Å². The highest BCUT2D eigenvalue weighted by Crippen LogP contribution is 2.35. The number of morpholine rings is 1. The lowest BCUT2D eigenvalue weighted by Gasteiger charge is -2.31. The van der Waals surface area contributed by atoms with Gasteiger partial charge in [0.1, 0.15) is 5.69 Å². The molecule has 0 bridgehead atoms. The topological polar surface area (TPSA) is 54.5 Å². The van der Waals surface area contributed by atoms with Crippen LogP contribution in [-0.4, -0.2) is 37.2 Å². The van der Waals surface area contributed by atoms with E-state index in [0.29, 0.717) is 32.0 Å². The number of pyridine rings is 1. The maximum absolute atomic E-state index is 13.0. The molecule has 1 aromatic heterocycles. The van der Waals surface area contributed by atoms with Crippen LogP contribution in [-0.2, 0) is 10.9 Å². The molecule has 1 fully saturated rings. The van der Waals surface area contributed by atoms with Crippen LogP contribution < -0.4 is 10.2 Å². The van der Waals surface area contributed by atoms with Crippen LogP contribution in [0.25, 0.3) is 0 Å². The number of nitrogens with zero attached hydrogens (tertiary/aromatic N) is 2. The third kappa shape index (κ3) is 4.08. The molecule has 0 unspecified atom stereocenters. The number of amides is 1. The predicted molar refractivity (Wildman–Crippen MR) is 86.7 cm³/mol. The lowest BCUT2D eigenvalue weighted by atomic mass is 10.1. The van der Waals surface area contributed by atoms with Gasteiger partial charge in [-0.1, -0.05) is 6.07 Å². The second-order valence-corrected chi connectivity index (χ2v) is 5.50. The largest absolute Gasteiger partial charge is 0.416 e. The Labute approximate surface area is 142 Å². The Morgan fingerprint density at radius 3 is 2.56 bits per heavy atom. The highest BCUT2D eigenvalue weighted by molar-refractivity contribution is 6.04. The average molecular weight is 351 g/mol. The van der Waals surface area contributed by atoms with E-state index >= 15 is 0 Å². The summed E-state index contributed by atoms with van der Waals surface area (Å²) in [6.07, 6.45) is -3.04. The molecule has 132 valence electrons. The zero-order valence-electron chi connectivity index (χ0n) is 13.2. The highest BCUT2D eigenvalue weighted by Gasteiger charge is 2.32. The number of nitrogens with one attached hydrogen (secondary N) is 1. The molecular weight excluding hydrogens is 335 g/mol. The Balaban J connectivity index is 1.94. The Kier molecular flexibility index (Phi) is 4.89. The van der Waals surface area contributed by atoms with Crippen LogP contribution in [0.2, 0.25) is 0 Å². The van der Waals surface area contributed by atoms with E-state index in [1.165, 1.54) is 18.3 Å². The Morgan fingerprint density at radius 2 is 1.92 bits per heavy atom. The summed E-state index contributed by atoms with van der Waals surface area (Å²) in [5, 5.41) is 2.55. The third-order valence-corrected chi connectivity index (χ3v) is 3.82. The maximum atomic E-state index is 13.0. The van der Waals surface area contributed by atoms with Gasteiger partial charge in [-0.05, 0) is 30.3 Å². The summed E-state index contributed by atoms with van der Waals surface area (Å²) in [6.45, 7) is 2.04. The summed E-state index contributed by atoms with van der Waals surface area (Å²) >= 11 is 0. The number of carbonyl (C=O) groups excluding carboxylic acids is 1. The summed E-state index contributed by atoms with van der Waals surface area (Å²) in [7, 11) is 0. The van der Waals surface area contributed by atoms with E-state index in [-0.39, 0.29) is 11.4 Å². The first-order valence-electron chi connectivity index (χ1n) is 7.71. The molecule has 1 aromatic carbocycles. The molecule has 0 saturated carbocycles. The van der Waals surface area contributed by atoms with Crippen molar-refractivity contribution in [2.45, 2.75) is 6.18 Å². The summed E-state index contributed by atoms with van der Waals surface area (Å²) in [6, 6.07) is 8.13. The maximum Gasteiger partial charge on any atom is 0.416 e. The van der Waals surface area contributed by atoms with Crippen LogP contribution in [0.5, 0.6) is 0 Å². The highest BCUT2D eigenvalue weighted by atomic mass is 19.4. The van der Waals surface area contributed by atoms with Crippen LogP contribution in [0.1, 0.15) is 16.1 Å². The number of ether oxygens (including phenoxy) is 1. The summed E-state index contributed by atoms with van der Waals surface area (Å²) in [5.74, 6) is -0.561. The van der Waals surface area contributed by atoms with Crippen LogP contribution in [0.4, 0.5) is 24.5 Å². The number of anilines is 2. The van der Waals surface area contributed by atoms with E-state index < -0.39 is 17.6 Å². The molecule has 8 heteroatoms. The lowest BCUT2D eigenvalue weighted by Crippen LogP contribution is -2.36. The van der Waals surface area contributed by atoms with Gasteiger partial charge in [-0.25, -0.2) is 0 Å². The number of hydrogen-bond acceptors (Lipinski definition) is 4. The van der Waals surface area contributed by atoms with Gasteiger partial charge in [-0.15, -0.1) is 0 Å². The van der Waals surface area contributed by atoms with E-state index in [1.807, 2.05) is 4.90 Å². The van der Waals surface area contributed by atoms with Crippen molar-refractivity contribution in [3.63, 3.8) is 0 Å². The van der Waals surface area contributed by atoms with Gasteiger partial charge in [0.2, 0.25) is 0 Å². The number of carbonyl (C=O) groups is 1. The Bertz CT molecular complexity index is 745. The predicted octanol–water partition coefficient (Wildman–Crippen LogP) is 3.19. The van der Waals surface area contributed by atoms with E-state index in [2.05, 4.69) is 10.3 Å². The molecule has 2 aromatic rings. The second kappa shape index (κ2) is 7.10. The van der Waals surface area contributed by atoms with Crippen LogP contribution in [0.3, 0.4) is 0 Å². The molecule has 0 spiro atoms. The number of alkyl halides is 3. The van der Waals surface area contributed by atoms with Crippen molar-refractivity contribution in [1.82, 2.24) is 4.98 Å². The normalized spacial score (nSPS) is 15.1. The molecule has 1 aliphatic rings. The van der Waals surface area contributed by atoms with Crippen molar-refractivity contribution in [3.05, 3.63) is 53.9 Å². The number of aromatic nitrogens is 1. The van der Waals surface area contributed by atoms with Gasteiger partial charge in [-0.3, -0.25) is 9.78 Å². The second-order valence-electron chi connectivity index (χ2n) is 5.50. The average Bonchev–Trinajstić information content (AvgIpc) is 2.62. The van der Waals surface area contributed by atoms with Crippen molar-refractivity contribution in [2.75, 3.05) is 36.5 Å². The fourth-order valence-corrected chi connectivity index (χ4v) is 2.58. The molecule has 2 heterocycles. The molecule has 0 aliphatic carbocycles. The standard InChI is InChI=1S/C17H16F3N3O2/c18-17(19,20)12-4-5-15(23-7-9-25-10-8-23)14(11-12)22-16(24)13-3-1-2-6-21-13/h1-6,11H,7-10H2,(H,22,24). The smallest absolute Gasteiger partial charge is 0.378 e. The van der Waals surface area contributed by atoms with Crippen LogP contribution in [0, 0.1) is 0 Å². The monoisotopic (exact) mass is 351 g/mol. The van der Waals surface area contributed by atoms with E-state index in [9.17, 15) is 18.0 Å². The number of hydrogen-bond donors (Lipinski definition) is 1. The number of halogens is 3. The van der Waals surface area contributed by atoms with Crippen LogP contribution >= 0.6 is 0 Å². The fraction of sp³-hybridized carbons (Fsp3) is 0.294. The molecule has 25 heavy (non-hydrogen) atoms. The molecule has 1 aliphatic heterocycles. The minimum absolute atomic E-state index is 0.104. The summed E-state index contributed by atoms with van der Waals surface area (Å²) in [5.41, 5.74) is -0.0540. The fourth-order valence-electron chi connectivity index (χ4n) is 2.58. The van der Waals surface area contributed by atoms with Crippen molar-refractivity contribution in [1.29, 1.82) is 0 Å². The van der Waals surface area contributed by atoms with Gasteiger partial charge >= 0.3 is 6.18 Å². The number of rotatable bonds is 3. The molecular formula is C17H16F3N3O2.